The number of phosphoric acid groups is 1. The molecule has 0 aliphatic heterocycles. The summed E-state index contributed by atoms with van der Waals surface area (Å²) in [5.41, 5.74) is 0. The number of ether oxygens (including phenoxy) is 1. The third-order valence-electron chi connectivity index (χ3n) is 12.1. The third-order valence-corrected chi connectivity index (χ3v) is 13.1. The van der Waals surface area contributed by atoms with Crippen LogP contribution in [-0.2, 0) is 27.9 Å². The number of carbonyl (C=O) groups excluding carboxylic acids is 2. The smallest absolute Gasteiger partial charge is 0.306 e. The number of carbonyl (C=O) groups is 2. The first-order valence-corrected chi connectivity index (χ1v) is 30.8. The number of hydrogen-bond acceptors (Lipinski definition) is 7. The SMILES string of the molecule is CC/C=C\C/C=C\C/C=C\C/C=C\C/C=C\CCCCCC(=O)OC(/C=C/CCCCCCCCCCCC)C(COP(=O)([O-])OCC[N+](C)(C)C)NC(=O)CCC/C=C\C/C=C\C/C=C\C/C=C\CCCCC. The van der Waals surface area contributed by atoms with E-state index in [1.54, 1.807) is 6.08 Å². The van der Waals surface area contributed by atoms with Gasteiger partial charge in [0.15, 0.2) is 0 Å². The van der Waals surface area contributed by atoms with Gasteiger partial charge in [-0.3, -0.25) is 14.2 Å². The maximum atomic E-state index is 13.5. The van der Waals surface area contributed by atoms with E-state index in [4.69, 9.17) is 13.8 Å². The summed E-state index contributed by atoms with van der Waals surface area (Å²) in [7, 11) is 1.11. The molecule has 0 aliphatic carbocycles. The maximum absolute atomic E-state index is 13.5. The van der Waals surface area contributed by atoms with E-state index in [1.807, 2.05) is 27.2 Å². The molecule has 0 rings (SSSR count). The second kappa shape index (κ2) is 52.8. The molecule has 0 spiro atoms. The molecule has 0 saturated carbocycles. The summed E-state index contributed by atoms with van der Waals surface area (Å²) in [6.45, 7) is 6.61. The van der Waals surface area contributed by atoms with Crippen molar-refractivity contribution in [2.75, 3.05) is 40.9 Å². The average molecular weight is 1050 g/mol. The molecule has 0 aromatic rings. The van der Waals surface area contributed by atoms with Gasteiger partial charge < -0.3 is 28.5 Å². The summed E-state index contributed by atoms with van der Waals surface area (Å²) in [6, 6.07) is -0.938. The van der Waals surface area contributed by atoms with Crippen molar-refractivity contribution in [1.29, 1.82) is 0 Å². The quantitative estimate of drug-likeness (QED) is 0.0212. The number of rotatable bonds is 51. The summed E-state index contributed by atoms with van der Waals surface area (Å²) in [5.74, 6) is -0.655. The van der Waals surface area contributed by atoms with Crippen LogP contribution in [0.1, 0.15) is 220 Å². The van der Waals surface area contributed by atoms with Crippen LogP contribution in [0.3, 0.4) is 0 Å². The van der Waals surface area contributed by atoms with Gasteiger partial charge in [-0.2, -0.15) is 0 Å². The Balaban J connectivity index is 5.49. The summed E-state index contributed by atoms with van der Waals surface area (Å²) in [5, 5.41) is 2.98. The van der Waals surface area contributed by atoms with Crippen molar-refractivity contribution in [3.05, 3.63) is 122 Å². The molecule has 0 heterocycles. The van der Waals surface area contributed by atoms with Gasteiger partial charge in [0, 0.05) is 12.8 Å². The minimum absolute atomic E-state index is 0.0446. The monoisotopic (exact) mass is 1050 g/mol. The van der Waals surface area contributed by atoms with E-state index in [2.05, 4.69) is 135 Å². The number of nitrogens with zero attached hydrogens (tertiary/aromatic N) is 1. The number of esters is 1. The summed E-state index contributed by atoms with van der Waals surface area (Å²) < 4.78 is 30.2. The minimum atomic E-state index is -4.73. The fourth-order valence-corrected chi connectivity index (χ4v) is 8.32. The van der Waals surface area contributed by atoms with Gasteiger partial charge in [-0.15, -0.1) is 0 Å². The lowest BCUT2D eigenvalue weighted by molar-refractivity contribution is -0.870. The van der Waals surface area contributed by atoms with E-state index in [9.17, 15) is 19.0 Å². The van der Waals surface area contributed by atoms with Crippen LogP contribution in [0, 0.1) is 0 Å². The van der Waals surface area contributed by atoms with Gasteiger partial charge in [0.05, 0.1) is 33.8 Å². The number of nitrogens with one attached hydrogen (secondary N) is 1. The highest BCUT2D eigenvalue weighted by atomic mass is 31.2. The zero-order valence-corrected chi connectivity index (χ0v) is 48.9. The summed E-state index contributed by atoms with van der Waals surface area (Å²) in [4.78, 5) is 39.9. The molecule has 0 aromatic heterocycles. The highest BCUT2D eigenvalue weighted by Crippen LogP contribution is 2.38. The van der Waals surface area contributed by atoms with Crippen LogP contribution in [0.2, 0.25) is 0 Å². The Hall–Kier alpha value is -3.59. The van der Waals surface area contributed by atoms with Gasteiger partial charge in [0.1, 0.15) is 19.3 Å². The van der Waals surface area contributed by atoms with Gasteiger partial charge >= 0.3 is 5.97 Å². The van der Waals surface area contributed by atoms with Crippen molar-refractivity contribution in [2.45, 2.75) is 232 Å². The molecule has 1 N–H and O–H groups in total. The summed E-state index contributed by atoms with van der Waals surface area (Å²) in [6.07, 6.45) is 73.2. The molecule has 0 aliphatic rings. The van der Waals surface area contributed by atoms with Crippen molar-refractivity contribution in [1.82, 2.24) is 5.32 Å². The largest absolute Gasteiger partial charge is 0.756 e. The molecule has 10 heteroatoms. The lowest BCUT2D eigenvalue weighted by Crippen LogP contribution is -2.47. The van der Waals surface area contributed by atoms with Crippen LogP contribution in [0.25, 0.3) is 0 Å². The molecule has 0 bridgehead atoms. The number of hydrogen-bond donors (Lipinski definition) is 1. The molecule has 0 aromatic carbocycles. The number of phosphoric ester groups is 1. The molecule has 9 nitrogen and oxygen atoms in total. The number of quaternary nitrogens is 1. The van der Waals surface area contributed by atoms with Crippen molar-refractivity contribution in [2.24, 2.45) is 0 Å². The van der Waals surface area contributed by atoms with E-state index in [0.29, 0.717) is 23.9 Å². The molecular formula is C64H109N2O7P. The van der Waals surface area contributed by atoms with Crippen LogP contribution in [0.4, 0.5) is 0 Å². The number of amides is 1. The first kappa shape index (κ1) is 70.4. The van der Waals surface area contributed by atoms with Crippen molar-refractivity contribution >= 4 is 19.7 Å². The van der Waals surface area contributed by atoms with Crippen molar-refractivity contribution in [3.8, 4) is 0 Å². The van der Waals surface area contributed by atoms with Gasteiger partial charge in [-0.05, 0) is 115 Å². The van der Waals surface area contributed by atoms with Crippen LogP contribution < -0.4 is 10.2 Å². The zero-order chi connectivity index (χ0) is 54.3. The van der Waals surface area contributed by atoms with E-state index < -0.39 is 32.5 Å². The Labute approximate surface area is 454 Å². The number of unbranched alkanes of at least 4 members (excludes halogenated alkanes) is 17. The van der Waals surface area contributed by atoms with Crippen LogP contribution in [-0.4, -0.2) is 69.4 Å². The molecule has 0 fully saturated rings. The Kier molecular flexibility index (Phi) is 50.3. The van der Waals surface area contributed by atoms with E-state index in [1.165, 1.54) is 70.6 Å². The Morgan fingerprint density at radius 1 is 0.486 bits per heavy atom. The van der Waals surface area contributed by atoms with Crippen molar-refractivity contribution in [3.63, 3.8) is 0 Å². The van der Waals surface area contributed by atoms with Crippen molar-refractivity contribution < 1.29 is 37.3 Å². The molecule has 0 radical (unpaired) electrons. The van der Waals surface area contributed by atoms with Crippen LogP contribution in [0.5, 0.6) is 0 Å². The van der Waals surface area contributed by atoms with Gasteiger partial charge in [-0.1, -0.05) is 213 Å². The number of likely N-dealkylation sites (N-methyl/N-ethyl adjacent to an activating group) is 1. The molecule has 422 valence electrons. The predicted octanol–water partition coefficient (Wildman–Crippen LogP) is 17.3. The standard InChI is InChI=1S/C64H109N2O7P/c1-7-10-13-16-19-22-25-28-30-32-33-35-37-39-42-45-48-51-54-57-64(68)73-62(55-52-49-46-43-40-27-24-21-18-15-12-9-3)61(60-72-74(69,70)71-59-58-66(4,5)6)65-63(67)56-53-50-47-44-41-38-36-34-31-29-26-23-20-17-14-11-8-2/h10,13,19-20,22-23,28-31,33,35-36,38-39,42,44,47,52,55,61-62H,7-9,11-12,14-18,21,24-27,32,34,37,40-41,43,45-46,48-51,53-54,56-60H2,1-6H3,(H-,65,67,69,70)/b13-10-,22-19-,23-20-,30-28-,31-29-,35-33-,38-36-,42-39-,47-44-,55-52+. The second-order valence-electron chi connectivity index (χ2n) is 20.4. The molecule has 0 saturated heterocycles. The van der Waals surface area contributed by atoms with E-state index in [0.717, 1.165) is 103 Å². The highest BCUT2D eigenvalue weighted by Gasteiger charge is 2.27. The van der Waals surface area contributed by atoms with Gasteiger partial charge in [0.25, 0.3) is 7.82 Å². The zero-order valence-electron chi connectivity index (χ0n) is 48.0. The molecule has 3 unspecified atom stereocenters. The fourth-order valence-electron chi connectivity index (χ4n) is 7.60. The Morgan fingerprint density at radius 3 is 1.35 bits per heavy atom. The molecule has 1 amide bonds. The third kappa shape index (κ3) is 53.2. The average Bonchev–Trinajstić information content (AvgIpc) is 3.36. The highest BCUT2D eigenvalue weighted by molar-refractivity contribution is 7.45. The van der Waals surface area contributed by atoms with Gasteiger partial charge in [-0.25, -0.2) is 0 Å². The molecule has 74 heavy (non-hydrogen) atoms. The van der Waals surface area contributed by atoms with E-state index >= 15 is 0 Å². The summed E-state index contributed by atoms with van der Waals surface area (Å²) >= 11 is 0. The lowest BCUT2D eigenvalue weighted by Gasteiger charge is -2.30. The normalized spacial score (nSPS) is 14.6. The molecular weight excluding hydrogens is 940 g/mol. The fraction of sp³-hybridized carbons (Fsp3) is 0.656. The first-order valence-electron chi connectivity index (χ1n) is 29.3. The van der Waals surface area contributed by atoms with Crippen LogP contribution >= 0.6 is 7.82 Å². The predicted molar refractivity (Wildman–Crippen MR) is 316 cm³/mol. The lowest BCUT2D eigenvalue weighted by atomic mass is 10.1. The minimum Gasteiger partial charge on any atom is -0.756 e. The Morgan fingerprint density at radius 2 is 0.878 bits per heavy atom. The van der Waals surface area contributed by atoms with E-state index in [-0.39, 0.29) is 25.4 Å². The van der Waals surface area contributed by atoms with Gasteiger partial charge in [0.2, 0.25) is 5.91 Å². The first-order chi connectivity index (χ1) is 35.9. The molecule has 3 atom stereocenters. The second-order valence-corrected chi connectivity index (χ2v) is 21.8. The Bertz CT molecular complexity index is 1680. The topological polar surface area (TPSA) is 114 Å². The maximum Gasteiger partial charge on any atom is 0.306 e. The van der Waals surface area contributed by atoms with Crippen LogP contribution in [0.15, 0.2) is 122 Å². The number of allylic oxidation sites excluding steroid dienone is 19.